The van der Waals surface area contributed by atoms with Crippen LogP contribution in [0.5, 0.6) is 0 Å². The molecular weight excluding hydrogens is 170 g/mol. The van der Waals surface area contributed by atoms with Gasteiger partial charge in [0.1, 0.15) is 0 Å². The van der Waals surface area contributed by atoms with Gasteiger partial charge in [-0.2, -0.15) is 0 Å². The first-order chi connectivity index (χ1) is 4.97. The molecule has 0 aliphatic heterocycles. The number of fused-ring (bicyclic) bond motifs is 1. The van der Waals surface area contributed by atoms with Crippen molar-refractivity contribution in [1.82, 2.24) is 4.98 Å². The Labute approximate surface area is 80.3 Å². The molecule has 1 aromatic carbocycles. The van der Waals surface area contributed by atoms with Crippen molar-refractivity contribution in [2.75, 3.05) is 0 Å². The summed E-state index contributed by atoms with van der Waals surface area (Å²) in [5.74, 6) is 0. The molecule has 0 amide bonds. The fraction of sp³-hybridized carbons (Fsp3) is 0. The number of benzene rings is 1. The van der Waals surface area contributed by atoms with Crippen LogP contribution < -0.4 is 0 Å². The van der Waals surface area contributed by atoms with E-state index in [0.717, 1.165) is 5.52 Å². The SMILES string of the molecule is [Ti+4].c1ccc2ncccc2c1. The zero-order valence-electron chi connectivity index (χ0n) is 5.99. The minimum Gasteiger partial charge on any atom is -0.256 e. The summed E-state index contributed by atoms with van der Waals surface area (Å²) >= 11 is 0. The number of aromatic nitrogens is 1. The van der Waals surface area contributed by atoms with Crippen molar-refractivity contribution in [1.29, 1.82) is 0 Å². The quantitative estimate of drug-likeness (QED) is 0.562. The second kappa shape index (κ2) is 3.65. The predicted molar refractivity (Wildman–Crippen MR) is 41.7 cm³/mol. The van der Waals surface area contributed by atoms with Gasteiger partial charge >= 0.3 is 21.7 Å². The van der Waals surface area contributed by atoms with Crippen molar-refractivity contribution in [3.05, 3.63) is 42.6 Å². The van der Waals surface area contributed by atoms with Gasteiger partial charge in [-0.3, -0.25) is 4.98 Å². The van der Waals surface area contributed by atoms with Crippen molar-refractivity contribution < 1.29 is 21.7 Å². The fourth-order valence-corrected chi connectivity index (χ4v) is 1.02. The van der Waals surface area contributed by atoms with Crippen LogP contribution in [0.2, 0.25) is 0 Å². The Kier molecular flexibility index (Phi) is 2.80. The van der Waals surface area contributed by atoms with Gasteiger partial charge in [0.2, 0.25) is 0 Å². The van der Waals surface area contributed by atoms with E-state index < -0.39 is 0 Å². The van der Waals surface area contributed by atoms with E-state index in [9.17, 15) is 0 Å². The molecule has 1 heterocycles. The molecule has 0 saturated carbocycles. The van der Waals surface area contributed by atoms with Crippen LogP contribution in [-0.2, 0) is 21.7 Å². The average Bonchev–Trinajstić information content (AvgIpc) is 2.05. The molecule has 0 fully saturated rings. The van der Waals surface area contributed by atoms with Crippen molar-refractivity contribution in [2.24, 2.45) is 0 Å². The summed E-state index contributed by atoms with van der Waals surface area (Å²) in [6.45, 7) is 0. The van der Waals surface area contributed by atoms with Crippen LogP contribution in [0.4, 0.5) is 0 Å². The largest absolute Gasteiger partial charge is 4.00 e. The van der Waals surface area contributed by atoms with E-state index in [2.05, 4.69) is 17.1 Å². The van der Waals surface area contributed by atoms with E-state index in [1.165, 1.54) is 5.39 Å². The summed E-state index contributed by atoms with van der Waals surface area (Å²) in [5, 5.41) is 1.20. The van der Waals surface area contributed by atoms with Crippen molar-refractivity contribution in [3.8, 4) is 0 Å². The summed E-state index contributed by atoms with van der Waals surface area (Å²) in [6.07, 6.45) is 1.81. The van der Waals surface area contributed by atoms with Crippen LogP contribution in [0.3, 0.4) is 0 Å². The molecule has 0 atom stereocenters. The molecule has 0 bridgehead atoms. The first kappa shape index (κ1) is 8.44. The molecule has 0 saturated heterocycles. The molecule has 0 unspecified atom stereocenters. The van der Waals surface area contributed by atoms with E-state index in [1.54, 1.807) is 0 Å². The Morgan fingerprint density at radius 2 is 1.64 bits per heavy atom. The monoisotopic (exact) mass is 177 g/mol. The average molecular weight is 177 g/mol. The maximum Gasteiger partial charge on any atom is 4.00 e. The number of para-hydroxylation sites is 1. The first-order valence-electron chi connectivity index (χ1n) is 3.26. The molecule has 0 N–H and O–H groups in total. The smallest absolute Gasteiger partial charge is 0.256 e. The first-order valence-corrected chi connectivity index (χ1v) is 3.26. The van der Waals surface area contributed by atoms with Gasteiger partial charge in [0, 0.05) is 11.6 Å². The minimum absolute atomic E-state index is 0. The Bertz CT molecular complexity index is 281. The maximum atomic E-state index is 4.18. The zero-order chi connectivity index (χ0) is 6.81. The molecule has 11 heavy (non-hydrogen) atoms. The molecule has 2 rings (SSSR count). The van der Waals surface area contributed by atoms with Gasteiger partial charge in [-0.05, 0) is 12.1 Å². The van der Waals surface area contributed by atoms with Crippen molar-refractivity contribution in [3.63, 3.8) is 0 Å². The van der Waals surface area contributed by atoms with Crippen LogP contribution in [-0.4, -0.2) is 4.98 Å². The summed E-state index contributed by atoms with van der Waals surface area (Å²) in [4.78, 5) is 4.18. The van der Waals surface area contributed by atoms with Crippen LogP contribution in [0.1, 0.15) is 0 Å². The number of rotatable bonds is 0. The Balaban J connectivity index is 0.000000605. The molecule has 0 aliphatic carbocycles. The number of pyridine rings is 1. The Hall–Kier alpha value is -0.656. The Morgan fingerprint density at radius 1 is 0.909 bits per heavy atom. The number of nitrogens with zero attached hydrogens (tertiary/aromatic N) is 1. The molecule has 0 aliphatic rings. The van der Waals surface area contributed by atoms with E-state index >= 15 is 0 Å². The molecule has 0 radical (unpaired) electrons. The van der Waals surface area contributed by atoms with Crippen LogP contribution in [0, 0.1) is 0 Å². The van der Waals surface area contributed by atoms with Crippen molar-refractivity contribution >= 4 is 10.9 Å². The predicted octanol–water partition coefficient (Wildman–Crippen LogP) is 2.23. The zero-order valence-corrected chi connectivity index (χ0v) is 7.55. The topological polar surface area (TPSA) is 12.9 Å². The standard InChI is InChI=1S/C9H7N.Ti/c1-2-6-9-8(4-1)5-3-7-10-9;/h1-7H;/q;+4. The van der Waals surface area contributed by atoms with Gasteiger partial charge in [0.15, 0.2) is 0 Å². The minimum atomic E-state index is 0. The molecule has 48 valence electrons. The number of hydrogen-bond donors (Lipinski definition) is 0. The summed E-state index contributed by atoms with van der Waals surface area (Å²) in [6, 6.07) is 12.1. The van der Waals surface area contributed by atoms with Crippen molar-refractivity contribution in [2.45, 2.75) is 0 Å². The van der Waals surface area contributed by atoms with Gasteiger partial charge in [0.05, 0.1) is 5.52 Å². The van der Waals surface area contributed by atoms with Gasteiger partial charge in [-0.1, -0.05) is 24.3 Å². The molecule has 1 nitrogen and oxygen atoms in total. The summed E-state index contributed by atoms with van der Waals surface area (Å²) < 4.78 is 0. The molecular formula is C9H7NTi+4. The van der Waals surface area contributed by atoms with Gasteiger partial charge in [0.25, 0.3) is 0 Å². The third kappa shape index (κ3) is 1.68. The second-order valence-electron chi connectivity index (χ2n) is 2.20. The normalized spacial score (nSPS) is 9.09. The summed E-state index contributed by atoms with van der Waals surface area (Å²) in [7, 11) is 0. The third-order valence-electron chi connectivity index (χ3n) is 1.51. The van der Waals surface area contributed by atoms with Crippen LogP contribution >= 0.6 is 0 Å². The van der Waals surface area contributed by atoms with Crippen LogP contribution in [0.25, 0.3) is 10.9 Å². The van der Waals surface area contributed by atoms with Gasteiger partial charge in [-0.25, -0.2) is 0 Å². The molecule has 2 aromatic rings. The molecule has 1 aromatic heterocycles. The van der Waals surface area contributed by atoms with E-state index in [4.69, 9.17) is 0 Å². The van der Waals surface area contributed by atoms with Gasteiger partial charge in [-0.15, -0.1) is 0 Å². The van der Waals surface area contributed by atoms with E-state index in [0.29, 0.717) is 0 Å². The fourth-order valence-electron chi connectivity index (χ4n) is 1.02. The van der Waals surface area contributed by atoms with E-state index in [1.807, 2.05) is 30.5 Å². The van der Waals surface area contributed by atoms with Gasteiger partial charge < -0.3 is 0 Å². The molecule has 0 spiro atoms. The van der Waals surface area contributed by atoms with Crippen LogP contribution in [0.15, 0.2) is 42.6 Å². The Morgan fingerprint density at radius 3 is 2.45 bits per heavy atom. The summed E-state index contributed by atoms with van der Waals surface area (Å²) in [5.41, 5.74) is 1.06. The maximum absolute atomic E-state index is 4.18. The molecule has 2 heteroatoms. The third-order valence-corrected chi connectivity index (χ3v) is 1.51. The van der Waals surface area contributed by atoms with E-state index in [-0.39, 0.29) is 21.7 Å². The second-order valence-corrected chi connectivity index (χ2v) is 2.20. The number of hydrogen-bond acceptors (Lipinski definition) is 1.